The number of fused-ring (bicyclic) bond motifs is 1. The van der Waals surface area contributed by atoms with E-state index >= 15 is 0 Å². The van der Waals surface area contributed by atoms with Crippen molar-refractivity contribution < 1.29 is 15.0 Å². The monoisotopic (exact) mass is 451 g/mol. The molecule has 2 N–H and O–H groups in total. The molecule has 6 nitrogen and oxygen atoms in total. The molecule has 0 radical (unpaired) electrons. The van der Waals surface area contributed by atoms with E-state index in [9.17, 15) is 15.0 Å². The maximum atomic E-state index is 11.6. The first-order valence-corrected chi connectivity index (χ1v) is 12.4. The van der Waals surface area contributed by atoms with E-state index in [-0.39, 0.29) is 12.2 Å². The third-order valence-electron chi connectivity index (χ3n) is 6.31. The Morgan fingerprint density at radius 1 is 0.788 bits per heavy atom. The highest BCUT2D eigenvalue weighted by molar-refractivity contribution is 5.74. The minimum Gasteiger partial charge on any atom is -0.505 e. The second-order valence-corrected chi connectivity index (χ2v) is 8.79. The Balaban J connectivity index is 2.31. The highest BCUT2D eigenvalue weighted by Gasteiger charge is 2.25. The number of aromatic nitrogens is 3. The van der Waals surface area contributed by atoms with Crippen LogP contribution in [0.4, 0.5) is 0 Å². The van der Waals surface area contributed by atoms with Crippen molar-refractivity contribution in [1.82, 2.24) is 15.0 Å². The van der Waals surface area contributed by atoms with Crippen LogP contribution in [0.5, 0.6) is 5.75 Å². The van der Waals surface area contributed by atoms with E-state index < -0.39 is 5.97 Å². The van der Waals surface area contributed by atoms with E-state index in [1.165, 1.54) is 0 Å². The van der Waals surface area contributed by atoms with Gasteiger partial charge in [0.15, 0.2) is 0 Å². The van der Waals surface area contributed by atoms with Gasteiger partial charge in [-0.15, -0.1) is 15.0 Å². The van der Waals surface area contributed by atoms with Gasteiger partial charge in [0, 0.05) is 6.42 Å². The van der Waals surface area contributed by atoms with Crippen LogP contribution in [0.2, 0.25) is 0 Å². The Labute approximate surface area is 196 Å². The van der Waals surface area contributed by atoms with Crippen LogP contribution in [0.1, 0.15) is 88.0 Å². The zero-order valence-corrected chi connectivity index (χ0v) is 20.2. The fraction of sp³-hybridized carbons (Fsp3) is 0.519. The molecule has 0 saturated heterocycles. The van der Waals surface area contributed by atoms with Crippen LogP contribution >= 0.6 is 0 Å². The first-order valence-electron chi connectivity index (χ1n) is 12.4. The molecule has 1 heterocycles. The fourth-order valence-electron chi connectivity index (χ4n) is 4.55. The van der Waals surface area contributed by atoms with Crippen molar-refractivity contribution in [3.05, 3.63) is 46.5 Å². The number of aliphatic carboxylic acids is 1. The van der Waals surface area contributed by atoms with Gasteiger partial charge in [-0.1, -0.05) is 52.2 Å². The van der Waals surface area contributed by atoms with Crippen LogP contribution in [-0.4, -0.2) is 31.2 Å². The molecule has 0 aliphatic rings. The third-order valence-corrected chi connectivity index (χ3v) is 6.31. The summed E-state index contributed by atoms with van der Waals surface area (Å²) in [5.41, 5.74) is 6.36. The molecule has 0 amide bonds. The van der Waals surface area contributed by atoms with Crippen LogP contribution < -0.4 is 0 Å². The summed E-state index contributed by atoms with van der Waals surface area (Å²) < 4.78 is 0. The quantitative estimate of drug-likeness (QED) is 0.324. The first-order chi connectivity index (χ1) is 16.0. The SMILES string of the molecule is CCCCc1c(O)c(-n2nc3ccccc3n2)c(CCCC)c(CCC(=O)O)c1CCCC. The maximum Gasteiger partial charge on any atom is 0.303 e. The van der Waals surface area contributed by atoms with Gasteiger partial charge in [-0.05, 0) is 79.3 Å². The number of nitrogens with zero attached hydrogens (tertiary/aromatic N) is 3. The van der Waals surface area contributed by atoms with E-state index in [1.54, 1.807) is 4.80 Å². The van der Waals surface area contributed by atoms with Gasteiger partial charge in [-0.2, -0.15) is 0 Å². The summed E-state index contributed by atoms with van der Waals surface area (Å²) in [4.78, 5) is 13.1. The summed E-state index contributed by atoms with van der Waals surface area (Å²) in [6, 6.07) is 7.69. The molecular weight excluding hydrogens is 414 g/mol. The van der Waals surface area contributed by atoms with Gasteiger partial charge in [-0.25, -0.2) is 0 Å². The molecule has 0 saturated carbocycles. The number of hydrogen-bond acceptors (Lipinski definition) is 4. The van der Waals surface area contributed by atoms with Crippen molar-refractivity contribution in [1.29, 1.82) is 0 Å². The molecule has 0 aliphatic carbocycles. The molecule has 0 unspecified atom stereocenters. The number of hydrogen-bond donors (Lipinski definition) is 2. The molecule has 0 bridgehead atoms. The van der Waals surface area contributed by atoms with Crippen LogP contribution in [0, 0.1) is 0 Å². The number of carboxylic acids is 1. The van der Waals surface area contributed by atoms with Gasteiger partial charge in [0.05, 0.1) is 0 Å². The smallest absolute Gasteiger partial charge is 0.303 e. The number of benzene rings is 2. The van der Waals surface area contributed by atoms with E-state index in [0.717, 1.165) is 91.1 Å². The van der Waals surface area contributed by atoms with Gasteiger partial charge >= 0.3 is 5.97 Å². The number of phenolic OH excluding ortho intramolecular Hbond substituents is 1. The molecule has 3 rings (SSSR count). The van der Waals surface area contributed by atoms with Gasteiger partial charge in [0.25, 0.3) is 0 Å². The summed E-state index contributed by atoms with van der Waals surface area (Å²) in [7, 11) is 0. The Morgan fingerprint density at radius 3 is 1.79 bits per heavy atom. The number of rotatable bonds is 13. The standard InChI is InChI=1S/C27H37N3O3/c1-4-7-12-19-20(17-18-25(31)32)21(13-8-5-2)26(27(33)22(19)14-9-6-3)30-28-23-15-10-11-16-24(23)29-30/h10-11,15-16,33H,4-9,12-14,17-18H2,1-3H3,(H,31,32). The average Bonchev–Trinajstić information content (AvgIpc) is 3.23. The van der Waals surface area contributed by atoms with E-state index in [2.05, 4.69) is 20.8 Å². The molecule has 1 aromatic heterocycles. The Hall–Kier alpha value is -2.89. The zero-order chi connectivity index (χ0) is 23.8. The summed E-state index contributed by atoms with van der Waals surface area (Å²) in [5.74, 6) is -0.536. The van der Waals surface area contributed by atoms with Crippen molar-refractivity contribution in [2.75, 3.05) is 0 Å². The number of carbonyl (C=O) groups is 1. The average molecular weight is 452 g/mol. The summed E-state index contributed by atoms with van der Waals surface area (Å²) in [5, 5.41) is 30.5. The Bertz CT molecular complexity index is 1050. The van der Waals surface area contributed by atoms with Gasteiger partial charge in [0.1, 0.15) is 22.5 Å². The minimum atomic E-state index is -0.800. The molecule has 0 fully saturated rings. The number of carboxylic acid groups (broad SMARTS) is 1. The van der Waals surface area contributed by atoms with Gasteiger partial charge in [-0.3, -0.25) is 4.79 Å². The summed E-state index contributed by atoms with van der Waals surface area (Å²) in [6.45, 7) is 6.45. The fourth-order valence-corrected chi connectivity index (χ4v) is 4.55. The maximum absolute atomic E-state index is 11.6. The summed E-state index contributed by atoms with van der Waals surface area (Å²) in [6.07, 6.45) is 8.92. The molecule has 0 aliphatic heterocycles. The molecular formula is C27H37N3O3. The predicted octanol–water partition coefficient (Wildman–Crippen LogP) is 6.17. The van der Waals surface area contributed by atoms with E-state index in [0.29, 0.717) is 12.1 Å². The molecule has 2 aromatic carbocycles. The number of aromatic hydroxyl groups is 1. The second-order valence-electron chi connectivity index (χ2n) is 8.79. The van der Waals surface area contributed by atoms with Crippen molar-refractivity contribution >= 4 is 17.0 Å². The lowest BCUT2D eigenvalue weighted by atomic mass is 9.84. The molecule has 0 atom stereocenters. The van der Waals surface area contributed by atoms with Crippen molar-refractivity contribution in [2.45, 2.75) is 91.4 Å². The normalized spacial score (nSPS) is 11.4. The summed E-state index contributed by atoms with van der Waals surface area (Å²) >= 11 is 0. The minimum absolute atomic E-state index is 0.0736. The molecule has 0 spiro atoms. The van der Waals surface area contributed by atoms with Crippen molar-refractivity contribution in [3.63, 3.8) is 0 Å². The topological polar surface area (TPSA) is 88.2 Å². The van der Waals surface area contributed by atoms with Crippen LogP contribution in [-0.2, 0) is 30.5 Å². The lowest BCUT2D eigenvalue weighted by molar-refractivity contribution is -0.136. The zero-order valence-electron chi connectivity index (χ0n) is 20.2. The van der Waals surface area contributed by atoms with Crippen LogP contribution in [0.3, 0.4) is 0 Å². The van der Waals surface area contributed by atoms with Crippen molar-refractivity contribution in [2.24, 2.45) is 0 Å². The van der Waals surface area contributed by atoms with E-state index in [1.807, 2.05) is 24.3 Å². The predicted molar refractivity (Wildman–Crippen MR) is 132 cm³/mol. The molecule has 3 aromatic rings. The second kappa shape index (κ2) is 11.8. The van der Waals surface area contributed by atoms with Crippen molar-refractivity contribution in [3.8, 4) is 11.4 Å². The molecule has 6 heteroatoms. The molecule has 33 heavy (non-hydrogen) atoms. The third kappa shape index (κ3) is 5.73. The Kier molecular flexibility index (Phi) is 8.87. The van der Waals surface area contributed by atoms with E-state index in [4.69, 9.17) is 10.2 Å². The first kappa shape index (κ1) is 24.7. The largest absolute Gasteiger partial charge is 0.505 e. The highest BCUT2D eigenvalue weighted by atomic mass is 16.4. The van der Waals surface area contributed by atoms with Gasteiger partial charge in [0.2, 0.25) is 0 Å². The lowest BCUT2D eigenvalue weighted by Gasteiger charge is -2.24. The lowest BCUT2D eigenvalue weighted by Crippen LogP contribution is -2.14. The van der Waals surface area contributed by atoms with Crippen LogP contribution in [0.15, 0.2) is 24.3 Å². The highest BCUT2D eigenvalue weighted by Crippen LogP contribution is 2.39. The number of phenols is 1. The number of unbranched alkanes of at least 4 members (excludes halogenated alkanes) is 3. The Morgan fingerprint density at radius 2 is 1.27 bits per heavy atom. The van der Waals surface area contributed by atoms with Gasteiger partial charge < -0.3 is 10.2 Å². The molecule has 178 valence electrons. The van der Waals surface area contributed by atoms with Crippen LogP contribution in [0.25, 0.3) is 16.7 Å².